The van der Waals surface area contributed by atoms with Gasteiger partial charge in [0.25, 0.3) is 0 Å². The highest BCUT2D eigenvalue weighted by Crippen LogP contribution is 2.38. The third-order valence-electron chi connectivity index (χ3n) is 5.88. The molecule has 5 aromatic heterocycles. The lowest BCUT2D eigenvalue weighted by Gasteiger charge is -2.14. The zero-order chi connectivity index (χ0) is 23.4. The van der Waals surface area contributed by atoms with Crippen LogP contribution in [0.5, 0.6) is 5.75 Å². The van der Waals surface area contributed by atoms with Crippen molar-refractivity contribution < 1.29 is 9.50 Å². The van der Waals surface area contributed by atoms with Crippen molar-refractivity contribution in [2.24, 2.45) is 0 Å². The summed E-state index contributed by atoms with van der Waals surface area (Å²) in [5.74, 6) is -0.555. The van der Waals surface area contributed by atoms with Gasteiger partial charge in [-0.15, -0.1) is 11.3 Å². The molecule has 0 radical (unpaired) electrons. The molecular weight excluding hydrogens is 453 g/mol. The molecule has 1 unspecified atom stereocenters. The van der Waals surface area contributed by atoms with Gasteiger partial charge in [-0.2, -0.15) is 5.10 Å². The predicted octanol–water partition coefficient (Wildman–Crippen LogP) is 4.91. The van der Waals surface area contributed by atoms with E-state index in [0.29, 0.717) is 22.3 Å². The molecule has 0 saturated heterocycles. The van der Waals surface area contributed by atoms with Gasteiger partial charge in [0, 0.05) is 34.3 Å². The molecule has 6 aromatic rings. The van der Waals surface area contributed by atoms with Crippen molar-refractivity contribution in [1.29, 1.82) is 0 Å². The molecule has 0 amide bonds. The summed E-state index contributed by atoms with van der Waals surface area (Å²) in [5, 5.41) is 17.3. The number of fused-ring (bicyclic) bond motifs is 2. The van der Waals surface area contributed by atoms with E-state index in [4.69, 9.17) is 10.8 Å². The summed E-state index contributed by atoms with van der Waals surface area (Å²) in [6, 6.07) is 11.6. The average molecular weight is 472 g/mol. The van der Waals surface area contributed by atoms with Crippen LogP contribution < -0.4 is 5.73 Å². The van der Waals surface area contributed by atoms with Crippen molar-refractivity contribution in [3.05, 3.63) is 77.3 Å². The topological polar surface area (TPSA) is 107 Å². The number of benzene rings is 1. The minimum atomic E-state index is -0.578. The SMILES string of the molecule is CC(c1cc2ccccn2c1-c1cscn1)n1nc(-c2cc(O)cc(F)c2)c2c(N)ncnc21. The Balaban J connectivity index is 1.61. The number of phenols is 1. The van der Waals surface area contributed by atoms with E-state index in [-0.39, 0.29) is 17.6 Å². The van der Waals surface area contributed by atoms with E-state index in [9.17, 15) is 9.50 Å². The average Bonchev–Trinajstić information content (AvgIpc) is 3.55. The van der Waals surface area contributed by atoms with Crippen molar-refractivity contribution in [2.75, 3.05) is 5.73 Å². The third-order valence-corrected chi connectivity index (χ3v) is 6.46. The minimum Gasteiger partial charge on any atom is -0.508 e. The van der Waals surface area contributed by atoms with Gasteiger partial charge in [0.05, 0.1) is 28.3 Å². The molecule has 0 aliphatic rings. The van der Waals surface area contributed by atoms with Gasteiger partial charge in [-0.25, -0.2) is 24.0 Å². The van der Waals surface area contributed by atoms with Crippen LogP contribution in [-0.2, 0) is 0 Å². The smallest absolute Gasteiger partial charge is 0.164 e. The van der Waals surface area contributed by atoms with Crippen molar-refractivity contribution in [3.63, 3.8) is 0 Å². The maximum Gasteiger partial charge on any atom is 0.164 e. The van der Waals surface area contributed by atoms with Crippen molar-refractivity contribution in [3.8, 4) is 28.4 Å². The molecule has 1 aromatic carbocycles. The first-order chi connectivity index (χ1) is 16.5. The molecule has 0 spiro atoms. The van der Waals surface area contributed by atoms with Crippen LogP contribution in [-0.4, -0.2) is 34.2 Å². The fourth-order valence-electron chi connectivity index (χ4n) is 4.37. The van der Waals surface area contributed by atoms with E-state index in [1.165, 1.54) is 29.8 Å². The van der Waals surface area contributed by atoms with Crippen LogP contribution in [0.15, 0.2) is 65.9 Å². The number of phenolic OH excluding ortho intramolecular Hbond substituents is 1. The molecule has 0 bridgehead atoms. The highest BCUT2D eigenvalue weighted by atomic mass is 32.1. The van der Waals surface area contributed by atoms with Gasteiger partial charge >= 0.3 is 0 Å². The molecule has 6 rings (SSSR count). The first-order valence-corrected chi connectivity index (χ1v) is 11.4. The van der Waals surface area contributed by atoms with Gasteiger partial charge in [-0.3, -0.25) is 0 Å². The predicted molar refractivity (Wildman–Crippen MR) is 129 cm³/mol. The van der Waals surface area contributed by atoms with Crippen LogP contribution in [0.25, 0.3) is 39.2 Å². The van der Waals surface area contributed by atoms with Gasteiger partial charge in [0.15, 0.2) is 5.65 Å². The normalized spacial score (nSPS) is 12.5. The molecule has 0 aliphatic carbocycles. The Labute approximate surface area is 196 Å². The Hall–Kier alpha value is -4.31. The van der Waals surface area contributed by atoms with Gasteiger partial charge < -0.3 is 15.2 Å². The number of hydrogen-bond acceptors (Lipinski definition) is 7. The Kier molecular flexibility index (Phi) is 4.56. The van der Waals surface area contributed by atoms with Crippen molar-refractivity contribution in [2.45, 2.75) is 13.0 Å². The van der Waals surface area contributed by atoms with E-state index < -0.39 is 5.82 Å². The van der Waals surface area contributed by atoms with Crippen LogP contribution in [0.3, 0.4) is 0 Å². The van der Waals surface area contributed by atoms with Gasteiger partial charge in [-0.05, 0) is 37.3 Å². The second kappa shape index (κ2) is 7.63. The fraction of sp³-hybridized carbons (Fsp3) is 0.0833. The summed E-state index contributed by atoms with van der Waals surface area (Å²) in [6.07, 6.45) is 3.38. The molecule has 168 valence electrons. The number of nitrogens with zero attached hydrogens (tertiary/aromatic N) is 6. The number of aromatic hydroxyl groups is 1. The van der Waals surface area contributed by atoms with Crippen LogP contribution in [0.2, 0.25) is 0 Å². The van der Waals surface area contributed by atoms with Gasteiger partial charge in [-0.1, -0.05) is 6.07 Å². The highest BCUT2D eigenvalue weighted by Gasteiger charge is 2.25. The molecule has 0 fully saturated rings. The summed E-state index contributed by atoms with van der Waals surface area (Å²) in [4.78, 5) is 13.1. The summed E-state index contributed by atoms with van der Waals surface area (Å²) in [5.41, 5.74) is 13.1. The lowest BCUT2D eigenvalue weighted by atomic mass is 10.1. The third kappa shape index (κ3) is 3.11. The lowest BCUT2D eigenvalue weighted by Crippen LogP contribution is -2.10. The summed E-state index contributed by atoms with van der Waals surface area (Å²) >= 11 is 1.53. The van der Waals surface area contributed by atoms with Gasteiger partial charge in [0.1, 0.15) is 29.4 Å². The number of rotatable bonds is 4. The summed E-state index contributed by atoms with van der Waals surface area (Å²) in [7, 11) is 0. The lowest BCUT2D eigenvalue weighted by molar-refractivity contribution is 0.469. The number of thiazole rings is 1. The van der Waals surface area contributed by atoms with Crippen LogP contribution >= 0.6 is 11.3 Å². The van der Waals surface area contributed by atoms with E-state index in [1.807, 2.05) is 36.7 Å². The number of nitrogens with two attached hydrogens (primary N) is 1. The number of anilines is 1. The maximum atomic E-state index is 14.1. The first-order valence-electron chi connectivity index (χ1n) is 10.5. The van der Waals surface area contributed by atoms with E-state index >= 15 is 0 Å². The standard InChI is InChI=1S/C24H18FN7OS/c1-13(18-9-16-4-2-3-5-31(16)22(18)19-10-34-12-29-19)32-24-20(23(26)27-11-28-24)21(30-32)14-6-15(25)8-17(33)7-14/h2-13,33H,1H3,(H2,26,27,28). The Morgan fingerprint density at radius 3 is 2.79 bits per heavy atom. The Morgan fingerprint density at radius 2 is 2.00 bits per heavy atom. The Morgan fingerprint density at radius 1 is 1.12 bits per heavy atom. The number of nitrogen functional groups attached to an aromatic ring is 1. The molecule has 10 heteroatoms. The van der Waals surface area contributed by atoms with Crippen molar-refractivity contribution in [1.82, 2.24) is 29.1 Å². The van der Waals surface area contributed by atoms with Crippen LogP contribution in [0.1, 0.15) is 18.5 Å². The monoisotopic (exact) mass is 471 g/mol. The second-order valence-electron chi connectivity index (χ2n) is 7.94. The second-order valence-corrected chi connectivity index (χ2v) is 8.66. The van der Waals surface area contributed by atoms with E-state index in [0.717, 1.165) is 28.5 Å². The molecule has 0 aliphatic heterocycles. The Bertz CT molecular complexity index is 1650. The van der Waals surface area contributed by atoms with Gasteiger partial charge in [0.2, 0.25) is 0 Å². The first kappa shape index (κ1) is 20.3. The molecule has 0 saturated carbocycles. The van der Waals surface area contributed by atoms with E-state index in [1.54, 1.807) is 10.2 Å². The van der Waals surface area contributed by atoms with Crippen LogP contribution in [0, 0.1) is 5.82 Å². The zero-order valence-corrected chi connectivity index (χ0v) is 18.7. The maximum absolute atomic E-state index is 14.1. The number of halogens is 1. The number of aromatic nitrogens is 6. The molecule has 5 heterocycles. The largest absolute Gasteiger partial charge is 0.508 e. The molecule has 8 nitrogen and oxygen atoms in total. The molecule has 34 heavy (non-hydrogen) atoms. The quantitative estimate of drug-likeness (QED) is 0.378. The fourth-order valence-corrected chi connectivity index (χ4v) is 4.91. The number of hydrogen-bond donors (Lipinski definition) is 2. The summed E-state index contributed by atoms with van der Waals surface area (Å²) in [6.45, 7) is 2.02. The van der Waals surface area contributed by atoms with E-state index in [2.05, 4.69) is 25.4 Å². The molecular formula is C24H18FN7OS. The van der Waals surface area contributed by atoms with Crippen molar-refractivity contribution >= 4 is 33.7 Å². The van der Waals surface area contributed by atoms with Crippen LogP contribution in [0.4, 0.5) is 10.2 Å². The highest BCUT2D eigenvalue weighted by molar-refractivity contribution is 7.07. The molecule has 1 atom stereocenters. The summed E-state index contributed by atoms with van der Waals surface area (Å²) < 4.78 is 18.0. The zero-order valence-electron chi connectivity index (χ0n) is 17.9. The molecule has 3 N–H and O–H groups in total. The number of pyridine rings is 1. The minimum absolute atomic E-state index is 0.203.